The fraction of sp³-hybridized carbons (Fsp3) is 0.115. The molecule has 10 rings (SSSR count). The molecule has 1 nitrogen and oxygen atoms in total. The van der Waals surface area contributed by atoms with E-state index in [0.29, 0.717) is 0 Å². The fourth-order valence-electron chi connectivity index (χ4n) is 9.20. The van der Waals surface area contributed by atoms with Gasteiger partial charge in [0.05, 0.1) is 5.69 Å². The van der Waals surface area contributed by atoms with Crippen LogP contribution in [0.2, 0.25) is 0 Å². The van der Waals surface area contributed by atoms with Crippen molar-refractivity contribution in [1.29, 1.82) is 0 Å². The molecule has 0 amide bonds. The van der Waals surface area contributed by atoms with E-state index in [1.165, 1.54) is 88.9 Å². The minimum Gasteiger partial charge on any atom is -0.310 e. The molecule has 53 heavy (non-hydrogen) atoms. The van der Waals surface area contributed by atoms with Crippen molar-refractivity contribution in [1.82, 2.24) is 0 Å². The summed E-state index contributed by atoms with van der Waals surface area (Å²) in [4.78, 5) is 2.50. The number of hydrogen-bond acceptors (Lipinski definition) is 1. The molecular weight excluding hydrogens is 639 g/mol. The van der Waals surface area contributed by atoms with Crippen molar-refractivity contribution >= 4 is 27.8 Å². The van der Waals surface area contributed by atoms with Crippen LogP contribution in [0.1, 0.15) is 49.9 Å². The van der Waals surface area contributed by atoms with E-state index in [1.54, 1.807) is 0 Å². The molecule has 0 bridgehead atoms. The van der Waals surface area contributed by atoms with Gasteiger partial charge in [-0.05, 0) is 114 Å². The SMILES string of the molecule is CC1(C)c2cc(-c3ccccc3)ccc2-c2ccc(N(c3ccc(-c4ccc5ccccc5c4)cc3)c3cccc4c3-c3ccccc3C4(C)C)cc21. The van der Waals surface area contributed by atoms with Crippen molar-refractivity contribution in [2.45, 2.75) is 38.5 Å². The van der Waals surface area contributed by atoms with Gasteiger partial charge in [-0.25, -0.2) is 0 Å². The van der Waals surface area contributed by atoms with Crippen LogP contribution in [0.3, 0.4) is 0 Å². The van der Waals surface area contributed by atoms with Crippen LogP contribution in [0.5, 0.6) is 0 Å². The highest BCUT2D eigenvalue weighted by Crippen LogP contribution is 2.56. The van der Waals surface area contributed by atoms with Crippen molar-refractivity contribution in [3.63, 3.8) is 0 Å². The second kappa shape index (κ2) is 11.7. The third kappa shape index (κ3) is 4.84. The zero-order chi connectivity index (χ0) is 35.9. The van der Waals surface area contributed by atoms with E-state index in [-0.39, 0.29) is 10.8 Å². The molecule has 0 unspecified atom stereocenters. The first kappa shape index (κ1) is 31.5. The van der Waals surface area contributed by atoms with Crippen molar-refractivity contribution in [2.24, 2.45) is 0 Å². The zero-order valence-electron chi connectivity index (χ0n) is 30.7. The first-order chi connectivity index (χ1) is 25.8. The minimum atomic E-state index is -0.162. The van der Waals surface area contributed by atoms with Crippen LogP contribution in [0.4, 0.5) is 17.1 Å². The minimum absolute atomic E-state index is 0.0917. The third-order valence-corrected chi connectivity index (χ3v) is 12.1. The Labute approximate surface area is 312 Å². The Bertz CT molecular complexity index is 2710. The number of benzene rings is 8. The molecule has 0 saturated heterocycles. The molecule has 8 aromatic rings. The largest absolute Gasteiger partial charge is 0.310 e. The van der Waals surface area contributed by atoms with Crippen LogP contribution in [0.15, 0.2) is 176 Å². The Hall–Kier alpha value is -6.18. The summed E-state index contributed by atoms with van der Waals surface area (Å²) in [6.07, 6.45) is 0. The quantitative estimate of drug-likeness (QED) is 0.175. The standard InChI is InChI=1S/C52H41N/c1-51(2)45-18-11-10-17-44(45)50-46(51)19-12-20-49(50)53(40-26-23-36(24-27-40)38-22-21-35-15-8-9-16-37(35)31-38)41-28-30-43-42-29-25-39(34-13-6-5-7-14-34)32-47(42)52(3,4)48(43)33-41/h5-33H,1-4H3. The lowest BCUT2D eigenvalue weighted by Crippen LogP contribution is -2.17. The number of nitrogens with zero attached hydrogens (tertiary/aromatic N) is 1. The molecule has 2 aliphatic carbocycles. The highest BCUT2D eigenvalue weighted by Gasteiger charge is 2.39. The van der Waals surface area contributed by atoms with Gasteiger partial charge < -0.3 is 4.90 Å². The Balaban J connectivity index is 1.14. The summed E-state index contributed by atoms with van der Waals surface area (Å²) in [5, 5.41) is 2.52. The van der Waals surface area contributed by atoms with Gasteiger partial charge in [0.25, 0.3) is 0 Å². The number of hydrogen-bond donors (Lipinski definition) is 0. The Morgan fingerprint density at radius 1 is 0.340 bits per heavy atom. The zero-order valence-corrected chi connectivity index (χ0v) is 30.7. The second-order valence-electron chi connectivity index (χ2n) is 15.8. The summed E-state index contributed by atoms with van der Waals surface area (Å²) in [6, 6.07) is 65.3. The highest BCUT2D eigenvalue weighted by atomic mass is 15.1. The lowest BCUT2D eigenvalue weighted by molar-refractivity contribution is 0.660. The maximum Gasteiger partial charge on any atom is 0.0543 e. The molecule has 8 aromatic carbocycles. The maximum absolute atomic E-state index is 2.50. The smallest absolute Gasteiger partial charge is 0.0543 e. The van der Waals surface area contributed by atoms with E-state index < -0.39 is 0 Å². The van der Waals surface area contributed by atoms with Gasteiger partial charge in [-0.15, -0.1) is 0 Å². The molecule has 0 spiro atoms. The van der Waals surface area contributed by atoms with Crippen LogP contribution in [0.25, 0.3) is 55.3 Å². The summed E-state index contributed by atoms with van der Waals surface area (Å²) < 4.78 is 0. The van der Waals surface area contributed by atoms with E-state index >= 15 is 0 Å². The van der Waals surface area contributed by atoms with Gasteiger partial charge in [-0.1, -0.05) is 161 Å². The third-order valence-electron chi connectivity index (χ3n) is 12.1. The van der Waals surface area contributed by atoms with Crippen LogP contribution in [-0.2, 0) is 10.8 Å². The maximum atomic E-state index is 2.50. The summed E-state index contributed by atoms with van der Waals surface area (Å²) in [6.45, 7) is 9.50. The van der Waals surface area contributed by atoms with E-state index in [9.17, 15) is 0 Å². The second-order valence-corrected chi connectivity index (χ2v) is 15.8. The van der Waals surface area contributed by atoms with Gasteiger partial charge in [0.15, 0.2) is 0 Å². The molecule has 254 valence electrons. The van der Waals surface area contributed by atoms with Crippen LogP contribution >= 0.6 is 0 Å². The Morgan fingerprint density at radius 3 is 1.72 bits per heavy atom. The van der Waals surface area contributed by atoms with Crippen LogP contribution in [-0.4, -0.2) is 0 Å². The van der Waals surface area contributed by atoms with Crippen LogP contribution in [0, 0.1) is 0 Å². The van der Waals surface area contributed by atoms with Crippen molar-refractivity contribution in [2.75, 3.05) is 4.90 Å². The Morgan fingerprint density at radius 2 is 0.906 bits per heavy atom. The number of fused-ring (bicyclic) bond motifs is 7. The monoisotopic (exact) mass is 679 g/mol. The molecule has 0 aliphatic heterocycles. The van der Waals surface area contributed by atoms with Crippen LogP contribution < -0.4 is 4.90 Å². The molecule has 2 aliphatic rings. The molecule has 1 heteroatoms. The number of rotatable bonds is 5. The molecule has 0 atom stereocenters. The first-order valence-electron chi connectivity index (χ1n) is 18.8. The topological polar surface area (TPSA) is 3.24 Å². The van der Waals surface area contributed by atoms with Crippen molar-refractivity contribution in [3.8, 4) is 44.5 Å². The van der Waals surface area contributed by atoms with Gasteiger partial charge in [0, 0.05) is 27.8 Å². The molecule has 0 saturated carbocycles. The van der Waals surface area contributed by atoms with Crippen molar-refractivity contribution < 1.29 is 0 Å². The lowest BCUT2D eigenvalue weighted by atomic mass is 9.81. The summed E-state index contributed by atoms with van der Waals surface area (Å²) in [5.41, 5.74) is 19.0. The van der Waals surface area contributed by atoms with Gasteiger partial charge in [-0.2, -0.15) is 0 Å². The van der Waals surface area contributed by atoms with Gasteiger partial charge in [0.1, 0.15) is 0 Å². The molecular formula is C52H41N. The average Bonchev–Trinajstić information content (AvgIpc) is 3.58. The molecule has 0 heterocycles. The first-order valence-corrected chi connectivity index (χ1v) is 18.8. The summed E-state index contributed by atoms with van der Waals surface area (Å²) in [7, 11) is 0. The average molecular weight is 680 g/mol. The normalized spacial score (nSPS) is 14.3. The molecule has 0 fully saturated rings. The summed E-state index contributed by atoms with van der Waals surface area (Å²) >= 11 is 0. The van der Waals surface area contributed by atoms with Crippen molar-refractivity contribution in [3.05, 3.63) is 198 Å². The molecule has 0 N–H and O–H groups in total. The van der Waals surface area contributed by atoms with Gasteiger partial charge in [-0.3, -0.25) is 0 Å². The van der Waals surface area contributed by atoms with E-state index in [0.717, 1.165) is 5.69 Å². The van der Waals surface area contributed by atoms with Gasteiger partial charge >= 0.3 is 0 Å². The molecule has 0 aromatic heterocycles. The predicted octanol–water partition coefficient (Wildman–Crippen LogP) is 14.3. The van der Waals surface area contributed by atoms with Gasteiger partial charge in [0.2, 0.25) is 0 Å². The summed E-state index contributed by atoms with van der Waals surface area (Å²) in [5.74, 6) is 0. The lowest BCUT2D eigenvalue weighted by Gasteiger charge is -2.30. The highest BCUT2D eigenvalue weighted by molar-refractivity contribution is 5.96. The molecule has 0 radical (unpaired) electrons. The fourth-order valence-corrected chi connectivity index (χ4v) is 9.20. The Kier molecular flexibility index (Phi) is 6.94. The van der Waals surface area contributed by atoms with E-state index in [2.05, 4.69) is 209 Å². The van der Waals surface area contributed by atoms with E-state index in [1.807, 2.05) is 0 Å². The predicted molar refractivity (Wildman–Crippen MR) is 225 cm³/mol. The van der Waals surface area contributed by atoms with E-state index in [4.69, 9.17) is 0 Å². The number of anilines is 3.